The topological polar surface area (TPSA) is 83.4 Å². The maximum absolute atomic E-state index is 12.4. The van der Waals surface area contributed by atoms with Gasteiger partial charge in [0.15, 0.2) is 0 Å². The van der Waals surface area contributed by atoms with Gasteiger partial charge in [-0.3, -0.25) is 14.5 Å². The minimum absolute atomic E-state index is 0.0193. The highest BCUT2D eigenvalue weighted by atomic mass is 16.2. The second-order valence-corrected chi connectivity index (χ2v) is 8.03. The summed E-state index contributed by atoms with van der Waals surface area (Å²) < 4.78 is 1.70. The molecule has 1 aromatic rings. The summed E-state index contributed by atoms with van der Waals surface area (Å²) in [7, 11) is 1.86. The number of amides is 2. The minimum atomic E-state index is -0.224. The first-order valence-electron chi connectivity index (χ1n) is 8.98. The second kappa shape index (κ2) is 6.74. The Hall–Kier alpha value is -1.96. The number of rotatable bonds is 3. The summed E-state index contributed by atoms with van der Waals surface area (Å²) in [6.07, 6.45) is 4.19. The average molecular weight is 348 g/mol. The van der Waals surface area contributed by atoms with Crippen LogP contribution in [0.4, 0.5) is 0 Å². The van der Waals surface area contributed by atoms with Gasteiger partial charge in [-0.1, -0.05) is 0 Å². The first-order valence-corrected chi connectivity index (χ1v) is 8.98. The molecule has 3 heterocycles. The summed E-state index contributed by atoms with van der Waals surface area (Å²) >= 11 is 0. The summed E-state index contributed by atoms with van der Waals surface area (Å²) in [4.78, 5) is 32.7. The standard InChI is InChI=1S/C17H28N6O2/c1-17(2,3)23-11-18-14(20-23)15(24)19-12-5-9-22(10-6-12)13-7-8-21(4)16(13)25/h11-13H,5-10H2,1-4H3,(H,19,24)/t13-/m0/s1. The fourth-order valence-corrected chi connectivity index (χ4v) is 3.44. The first-order chi connectivity index (χ1) is 11.8. The van der Waals surface area contributed by atoms with Crippen LogP contribution in [0.25, 0.3) is 0 Å². The molecule has 138 valence electrons. The smallest absolute Gasteiger partial charge is 0.291 e. The summed E-state index contributed by atoms with van der Waals surface area (Å²) in [5.74, 6) is 0.211. The molecule has 2 saturated heterocycles. The Bertz CT molecular complexity index is 642. The third-order valence-electron chi connectivity index (χ3n) is 5.09. The predicted octanol–water partition coefficient (Wildman–Crippen LogP) is 0.458. The molecule has 1 atom stereocenters. The summed E-state index contributed by atoms with van der Waals surface area (Å²) in [6.45, 7) is 8.54. The van der Waals surface area contributed by atoms with Crippen LogP contribution in [0.5, 0.6) is 0 Å². The molecule has 0 spiro atoms. The lowest BCUT2D eigenvalue weighted by Crippen LogP contribution is -2.50. The van der Waals surface area contributed by atoms with Crippen LogP contribution >= 0.6 is 0 Å². The Balaban J connectivity index is 1.51. The maximum atomic E-state index is 12.4. The zero-order valence-electron chi connectivity index (χ0n) is 15.5. The Morgan fingerprint density at radius 2 is 1.88 bits per heavy atom. The van der Waals surface area contributed by atoms with E-state index in [1.807, 2.05) is 27.8 Å². The molecule has 0 radical (unpaired) electrons. The van der Waals surface area contributed by atoms with Gasteiger partial charge in [0.25, 0.3) is 5.91 Å². The third kappa shape index (κ3) is 3.84. The minimum Gasteiger partial charge on any atom is -0.346 e. The van der Waals surface area contributed by atoms with E-state index in [1.54, 1.807) is 15.9 Å². The van der Waals surface area contributed by atoms with E-state index in [2.05, 4.69) is 20.3 Å². The fourth-order valence-electron chi connectivity index (χ4n) is 3.44. The Morgan fingerprint density at radius 1 is 1.20 bits per heavy atom. The zero-order valence-corrected chi connectivity index (χ0v) is 15.5. The van der Waals surface area contributed by atoms with Crippen molar-refractivity contribution in [2.75, 3.05) is 26.7 Å². The number of carbonyl (C=O) groups excluding carboxylic acids is 2. The van der Waals surface area contributed by atoms with Crippen molar-refractivity contribution in [1.82, 2.24) is 29.9 Å². The van der Waals surface area contributed by atoms with Crippen LogP contribution in [0, 0.1) is 0 Å². The quantitative estimate of drug-likeness (QED) is 0.858. The number of piperidine rings is 1. The molecule has 2 amide bonds. The third-order valence-corrected chi connectivity index (χ3v) is 5.09. The van der Waals surface area contributed by atoms with E-state index >= 15 is 0 Å². The average Bonchev–Trinajstić information content (AvgIpc) is 3.17. The van der Waals surface area contributed by atoms with Gasteiger partial charge >= 0.3 is 0 Å². The van der Waals surface area contributed by atoms with Gasteiger partial charge in [0.05, 0.1) is 11.6 Å². The van der Waals surface area contributed by atoms with Gasteiger partial charge < -0.3 is 10.2 Å². The molecular weight excluding hydrogens is 320 g/mol. The van der Waals surface area contributed by atoms with E-state index in [1.165, 1.54) is 0 Å². The molecule has 0 aliphatic carbocycles. The Kier molecular flexibility index (Phi) is 4.81. The largest absolute Gasteiger partial charge is 0.346 e. The number of hydrogen-bond acceptors (Lipinski definition) is 5. The monoisotopic (exact) mass is 348 g/mol. The van der Waals surface area contributed by atoms with Crippen molar-refractivity contribution in [3.8, 4) is 0 Å². The molecule has 25 heavy (non-hydrogen) atoms. The van der Waals surface area contributed by atoms with E-state index in [0.717, 1.165) is 38.9 Å². The predicted molar refractivity (Wildman–Crippen MR) is 93.1 cm³/mol. The molecule has 3 rings (SSSR count). The number of carbonyl (C=O) groups is 2. The van der Waals surface area contributed by atoms with Crippen LogP contribution < -0.4 is 5.32 Å². The molecule has 1 N–H and O–H groups in total. The molecule has 2 fully saturated rings. The maximum Gasteiger partial charge on any atom is 0.291 e. The Morgan fingerprint density at radius 3 is 2.40 bits per heavy atom. The van der Waals surface area contributed by atoms with Crippen LogP contribution in [0.3, 0.4) is 0 Å². The molecule has 0 bridgehead atoms. The molecule has 2 aliphatic rings. The molecule has 1 aromatic heterocycles. The lowest BCUT2D eigenvalue weighted by molar-refractivity contribution is -0.131. The molecule has 0 saturated carbocycles. The highest BCUT2D eigenvalue weighted by Crippen LogP contribution is 2.21. The summed E-state index contributed by atoms with van der Waals surface area (Å²) in [6, 6.07) is 0.130. The highest BCUT2D eigenvalue weighted by Gasteiger charge is 2.36. The van der Waals surface area contributed by atoms with Gasteiger partial charge in [0, 0.05) is 32.7 Å². The van der Waals surface area contributed by atoms with Gasteiger partial charge in [-0.2, -0.15) is 0 Å². The van der Waals surface area contributed by atoms with E-state index < -0.39 is 0 Å². The molecule has 0 unspecified atom stereocenters. The number of aromatic nitrogens is 3. The van der Waals surface area contributed by atoms with Crippen LogP contribution in [0.2, 0.25) is 0 Å². The van der Waals surface area contributed by atoms with Crippen LogP contribution in [0.1, 0.15) is 50.7 Å². The van der Waals surface area contributed by atoms with Crippen LogP contribution in [0.15, 0.2) is 6.33 Å². The lowest BCUT2D eigenvalue weighted by Gasteiger charge is -2.35. The fraction of sp³-hybridized carbons (Fsp3) is 0.765. The second-order valence-electron chi connectivity index (χ2n) is 8.03. The summed E-state index contributed by atoms with van der Waals surface area (Å²) in [5.41, 5.74) is -0.197. The van der Waals surface area contributed by atoms with Crippen molar-refractivity contribution >= 4 is 11.8 Å². The molecule has 8 nitrogen and oxygen atoms in total. The number of nitrogens with zero attached hydrogens (tertiary/aromatic N) is 5. The molecule has 2 aliphatic heterocycles. The SMILES string of the molecule is CN1CC[C@H](N2CCC(NC(=O)c3ncn(C(C)(C)C)n3)CC2)C1=O. The van der Waals surface area contributed by atoms with Gasteiger partial charge in [-0.05, 0) is 40.0 Å². The van der Waals surface area contributed by atoms with Crippen molar-refractivity contribution in [2.45, 2.75) is 57.7 Å². The van der Waals surface area contributed by atoms with E-state index in [0.29, 0.717) is 0 Å². The number of nitrogens with one attached hydrogen (secondary N) is 1. The zero-order chi connectivity index (χ0) is 18.2. The van der Waals surface area contributed by atoms with Crippen LogP contribution in [-0.2, 0) is 10.3 Å². The van der Waals surface area contributed by atoms with Crippen molar-refractivity contribution < 1.29 is 9.59 Å². The van der Waals surface area contributed by atoms with E-state index in [-0.39, 0.29) is 35.3 Å². The number of likely N-dealkylation sites (tertiary alicyclic amines) is 2. The molecule has 8 heteroatoms. The summed E-state index contributed by atoms with van der Waals surface area (Å²) in [5, 5.41) is 7.31. The van der Waals surface area contributed by atoms with E-state index in [9.17, 15) is 9.59 Å². The van der Waals surface area contributed by atoms with Crippen molar-refractivity contribution in [3.63, 3.8) is 0 Å². The van der Waals surface area contributed by atoms with Crippen LogP contribution in [-0.4, -0.2) is 75.1 Å². The van der Waals surface area contributed by atoms with Crippen molar-refractivity contribution in [2.24, 2.45) is 0 Å². The van der Waals surface area contributed by atoms with Crippen molar-refractivity contribution in [1.29, 1.82) is 0 Å². The molecular formula is C17H28N6O2. The van der Waals surface area contributed by atoms with Gasteiger partial charge in [0.1, 0.15) is 6.33 Å². The van der Waals surface area contributed by atoms with E-state index in [4.69, 9.17) is 0 Å². The van der Waals surface area contributed by atoms with Gasteiger partial charge in [-0.25, -0.2) is 9.67 Å². The molecule has 0 aromatic carbocycles. The Labute approximate surface area is 148 Å². The number of likely N-dealkylation sites (N-methyl/N-ethyl adjacent to an activating group) is 1. The lowest BCUT2D eigenvalue weighted by atomic mass is 10.0. The first kappa shape index (κ1) is 17.8. The van der Waals surface area contributed by atoms with Crippen molar-refractivity contribution in [3.05, 3.63) is 12.2 Å². The number of hydrogen-bond donors (Lipinski definition) is 1. The normalized spacial score (nSPS) is 23.3. The van der Waals surface area contributed by atoms with Gasteiger partial charge in [-0.15, -0.1) is 5.10 Å². The highest BCUT2D eigenvalue weighted by molar-refractivity contribution is 5.90. The van der Waals surface area contributed by atoms with Gasteiger partial charge in [0.2, 0.25) is 11.7 Å².